The number of nitrogens with one attached hydrogen (secondary N) is 1. The molecule has 2 fully saturated rings. The van der Waals surface area contributed by atoms with Gasteiger partial charge in [-0.3, -0.25) is 4.79 Å². The molecule has 1 N–H and O–H groups in total. The van der Waals surface area contributed by atoms with Gasteiger partial charge in [-0.05, 0) is 49.8 Å². The third-order valence-electron chi connectivity index (χ3n) is 5.66. The fourth-order valence-electron chi connectivity index (χ4n) is 4.02. The summed E-state index contributed by atoms with van der Waals surface area (Å²) in [5.74, 6) is 0.932. The molecule has 0 radical (unpaired) electrons. The summed E-state index contributed by atoms with van der Waals surface area (Å²) in [5.41, 5.74) is 1.52. The molecule has 4 rings (SSSR count). The molecule has 1 aromatic carbocycles. The molecule has 2 aliphatic rings. The maximum atomic E-state index is 12.5. The van der Waals surface area contributed by atoms with Crippen LogP contribution in [0.25, 0.3) is 11.1 Å². The SMILES string of the molecule is C[C@H]1CCC[C@H]1NC(=O)C1CCN(c2nc3cc(Cl)ccc3o2)CC1. The molecule has 2 heterocycles. The van der Waals surface area contributed by atoms with Gasteiger partial charge in [-0.25, -0.2) is 0 Å². The highest BCUT2D eigenvalue weighted by Gasteiger charge is 2.31. The minimum absolute atomic E-state index is 0.0999. The van der Waals surface area contributed by atoms with E-state index in [4.69, 9.17) is 16.0 Å². The Kier molecular flexibility index (Phi) is 4.59. The Balaban J connectivity index is 1.36. The van der Waals surface area contributed by atoms with Crippen LogP contribution in [-0.2, 0) is 4.79 Å². The van der Waals surface area contributed by atoms with Gasteiger partial charge >= 0.3 is 0 Å². The first-order chi connectivity index (χ1) is 12.1. The molecule has 2 atom stereocenters. The number of fused-ring (bicyclic) bond motifs is 1. The van der Waals surface area contributed by atoms with E-state index >= 15 is 0 Å². The zero-order chi connectivity index (χ0) is 17.4. The number of amides is 1. The van der Waals surface area contributed by atoms with Crippen LogP contribution in [-0.4, -0.2) is 30.0 Å². The van der Waals surface area contributed by atoms with Crippen molar-refractivity contribution in [1.29, 1.82) is 0 Å². The van der Waals surface area contributed by atoms with Crippen molar-refractivity contribution >= 4 is 34.6 Å². The Morgan fingerprint density at radius 1 is 1.28 bits per heavy atom. The minimum Gasteiger partial charge on any atom is -0.423 e. The van der Waals surface area contributed by atoms with Crippen LogP contribution >= 0.6 is 11.6 Å². The molecule has 2 aromatic rings. The lowest BCUT2D eigenvalue weighted by atomic mass is 9.95. The Hall–Kier alpha value is -1.75. The smallest absolute Gasteiger partial charge is 0.298 e. The summed E-state index contributed by atoms with van der Waals surface area (Å²) in [6, 6.07) is 6.46. The standard InChI is InChI=1S/C19H24ClN3O2/c1-12-3-2-4-15(12)21-18(24)13-7-9-23(10-8-13)19-22-16-11-14(20)5-6-17(16)25-19/h5-6,11-13,15H,2-4,7-10H2,1H3,(H,21,24)/t12-,15+/m0/s1. The highest BCUT2D eigenvalue weighted by molar-refractivity contribution is 6.31. The Bertz CT molecular complexity index is 767. The van der Waals surface area contributed by atoms with E-state index < -0.39 is 0 Å². The first-order valence-corrected chi connectivity index (χ1v) is 9.59. The topological polar surface area (TPSA) is 58.4 Å². The Labute approximate surface area is 152 Å². The second-order valence-corrected chi connectivity index (χ2v) is 7.83. The fraction of sp³-hybridized carbons (Fsp3) is 0.579. The number of hydrogen-bond acceptors (Lipinski definition) is 4. The number of aromatic nitrogens is 1. The van der Waals surface area contributed by atoms with Gasteiger partial charge in [-0.2, -0.15) is 4.98 Å². The maximum Gasteiger partial charge on any atom is 0.298 e. The van der Waals surface area contributed by atoms with E-state index in [-0.39, 0.29) is 11.8 Å². The summed E-state index contributed by atoms with van der Waals surface area (Å²) in [6.07, 6.45) is 5.26. The largest absolute Gasteiger partial charge is 0.423 e. The van der Waals surface area contributed by atoms with Gasteiger partial charge in [-0.15, -0.1) is 0 Å². The van der Waals surface area contributed by atoms with Gasteiger partial charge in [0.2, 0.25) is 5.91 Å². The normalized spacial score (nSPS) is 24.8. The average molecular weight is 362 g/mol. The summed E-state index contributed by atoms with van der Waals surface area (Å²) < 4.78 is 5.84. The molecule has 1 amide bonds. The number of carbonyl (C=O) groups is 1. The zero-order valence-electron chi connectivity index (χ0n) is 14.5. The van der Waals surface area contributed by atoms with Crippen molar-refractivity contribution < 1.29 is 9.21 Å². The second-order valence-electron chi connectivity index (χ2n) is 7.39. The van der Waals surface area contributed by atoms with E-state index in [1.54, 1.807) is 6.07 Å². The number of halogens is 1. The van der Waals surface area contributed by atoms with Crippen LogP contribution in [0.4, 0.5) is 6.01 Å². The first kappa shape index (κ1) is 16.7. The number of piperidine rings is 1. The number of carbonyl (C=O) groups excluding carboxylic acids is 1. The lowest BCUT2D eigenvalue weighted by molar-refractivity contribution is -0.126. The van der Waals surface area contributed by atoms with Gasteiger partial charge in [0, 0.05) is 30.1 Å². The van der Waals surface area contributed by atoms with Crippen LogP contribution in [0.2, 0.25) is 5.02 Å². The van der Waals surface area contributed by atoms with Crippen LogP contribution in [0.5, 0.6) is 0 Å². The molecule has 1 saturated heterocycles. The highest BCUT2D eigenvalue weighted by atomic mass is 35.5. The number of benzene rings is 1. The number of oxazole rings is 1. The predicted molar refractivity (Wildman–Crippen MR) is 98.9 cm³/mol. The van der Waals surface area contributed by atoms with Crippen molar-refractivity contribution in [2.45, 2.75) is 45.1 Å². The third kappa shape index (κ3) is 3.47. The molecular weight excluding hydrogens is 338 g/mol. The molecule has 1 aliphatic carbocycles. The highest BCUT2D eigenvalue weighted by Crippen LogP contribution is 2.29. The van der Waals surface area contributed by atoms with Crippen LogP contribution in [0.15, 0.2) is 22.6 Å². The van der Waals surface area contributed by atoms with Crippen molar-refractivity contribution in [2.24, 2.45) is 11.8 Å². The molecule has 0 spiro atoms. The molecule has 134 valence electrons. The second kappa shape index (κ2) is 6.87. The van der Waals surface area contributed by atoms with Crippen molar-refractivity contribution in [3.63, 3.8) is 0 Å². The molecule has 1 aliphatic heterocycles. The lowest BCUT2D eigenvalue weighted by Gasteiger charge is -2.31. The molecule has 5 nitrogen and oxygen atoms in total. The molecule has 0 unspecified atom stereocenters. The third-order valence-corrected chi connectivity index (χ3v) is 5.90. The van der Waals surface area contributed by atoms with E-state index in [2.05, 4.69) is 22.1 Å². The summed E-state index contributed by atoms with van der Waals surface area (Å²) in [5, 5.41) is 3.93. The summed E-state index contributed by atoms with van der Waals surface area (Å²) in [6.45, 7) is 3.82. The number of nitrogens with zero attached hydrogens (tertiary/aromatic N) is 2. The molecule has 1 saturated carbocycles. The van der Waals surface area contributed by atoms with Crippen molar-refractivity contribution in [3.8, 4) is 0 Å². The van der Waals surface area contributed by atoms with Gasteiger partial charge in [-0.1, -0.05) is 24.9 Å². The first-order valence-electron chi connectivity index (χ1n) is 9.21. The van der Waals surface area contributed by atoms with E-state index in [0.29, 0.717) is 23.0 Å². The van der Waals surface area contributed by atoms with Gasteiger partial charge in [0.15, 0.2) is 5.58 Å². The monoisotopic (exact) mass is 361 g/mol. The molecule has 25 heavy (non-hydrogen) atoms. The van der Waals surface area contributed by atoms with Crippen molar-refractivity contribution in [1.82, 2.24) is 10.3 Å². The predicted octanol–water partition coefficient (Wildman–Crippen LogP) is 4.00. The fourth-order valence-corrected chi connectivity index (χ4v) is 4.18. The van der Waals surface area contributed by atoms with Crippen LogP contribution in [0.1, 0.15) is 39.0 Å². The number of anilines is 1. The maximum absolute atomic E-state index is 12.5. The van der Waals surface area contributed by atoms with E-state index in [0.717, 1.165) is 43.5 Å². The van der Waals surface area contributed by atoms with Crippen LogP contribution in [0, 0.1) is 11.8 Å². The molecule has 1 aromatic heterocycles. The van der Waals surface area contributed by atoms with E-state index in [1.165, 1.54) is 12.8 Å². The van der Waals surface area contributed by atoms with Crippen molar-refractivity contribution in [3.05, 3.63) is 23.2 Å². The molecule has 0 bridgehead atoms. The summed E-state index contributed by atoms with van der Waals surface area (Å²) >= 11 is 6.01. The average Bonchev–Trinajstić information content (AvgIpc) is 3.21. The zero-order valence-corrected chi connectivity index (χ0v) is 15.3. The lowest BCUT2D eigenvalue weighted by Crippen LogP contribution is -2.44. The quantitative estimate of drug-likeness (QED) is 0.897. The molecule has 6 heteroatoms. The minimum atomic E-state index is 0.0999. The van der Waals surface area contributed by atoms with Gasteiger partial charge in [0.25, 0.3) is 6.01 Å². The summed E-state index contributed by atoms with van der Waals surface area (Å²) in [7, 11) is 0. The molecular formula is C19H24ClN3O2. The van der Waals surface area contributed by atoms with Gasteiger partial charge in [0.1, 0.15) is 5.52 Å². The number of rotatable bonds is 3. The Morgan fingerprint density at radius 3 is 2.80 bits per heavy atom. The van der Waals surface area contributed by atoms with E-state index in [9.17, 15) is 4.79 Å². The van der Waals surface area contributed by atoms with Crippen LogP contribution in [0.3, 0.4) is 0 Å². The summed E-state index contributed by atoms with van der Waals surface area (Å²) in [4.78, 5) is 19.2. The van der Waals surface area contributed by atoms with E-state index in [1.807, 2.05) is 12.1 Å². The Morgan fingerprint density at radius 2 is 2.08 bits per heavy atom. The van der Waals surface area contributed by atoms with Crippen LogP contribution < -0.4 is 10.2 Å². The van der Waals surface area contributed by atoms with Crippen molar-refractivity contribution in [2.75, 3.05) is 18.0 Å². The van der Waals surface area contributed by atoms with Gasteiger partial charge < -0.3 is 14.6 Å². The number of hydrogen-bond donors (Lipinski definition) is 1. The van der Waals surface area contributed by atoms with Gasteiger partial charge in [0.05, 0.1) is 0 Å².